The van der Waals surface area contributed by atoms with Crippen molar-refractivity contribution in [3.8, 4) is 0 Å². The fourth-order valence-electron chi connectivity index (χ4n) is 4.76. The van der Waals surface area contributed by atoms with Crippen LogP contribution >= 0.6 is 0 Å². The lowest BCUT2D eigenvalue weighted by atomic mass is 9.79. The Bertz CT molecular complexity index is 739. The first-order valence-electron chi connectivity index (χ1n) is 9.20. The third-order valence-electron chi connectivity index (χ3n) is 5.86. The number of anilines is 1. The van der Waals surface area contributed by atoms with Gasteiger partial charge in [-0.25, -0.2) is 0 Å². The first-order valence-corrected chi connectivity index (χ1v) is 9.20. The Hall–Kier alpha value is -2.09. The van der Waals surface area contributed by atoms with E-state index < -0.39 is 0 Å². The summed E-state index contributed by atoms with van der Waals surface area (Å²) < 4.78 is 0. The van der Waals surface area contributed by atoms with Crippen molar-refractivity contribution in [3.63, 3.8) is 0 Å². The number of rotatable bonds is 4. The maximum Gasteiger partial charge on any atom is 0.238 e. The lowest BCUT2D eigenvalue weighted by Gasteiger charge is -2.24. The van der Waals surface area contributed by atoms with Gasteiger partial charge in [-0.3, -0.25) is 4.79 Å². The Kier molecular flexibility index (Phi) is 3.91. The maximum atomic E-state index is 13.5. The van der Waals surface area contributed by atoms with E-state index in [-0.39, 0.29) is 5.41 Å². The Morgan fingerprint density at radius 1 is 1.08 bits per heavy atom. The highest BCUT2D eigenvalue weighted by molar-refractivity contribution is 6.08. The molecule has 1 saturated carbocycles. The molecular weight excluding hydrogens is 294 g/mol. The van der Waals surface area contributed by atoms with Gasteiger partial charge in [0, 0.05) is 5.69 Å². The summed E-state index contributed by atoms with van der Waals surface area (Å²) in [7, 11) is 0. The van der Waals surface area contributed by atoms with Crippen LogP contribution < -0.4 is 4.90 Å². The lowest BCUT2D eigenvalue weighted by Crippen LogP contribution is -2.38. The first-order chi connectivity index (χ1) is 11.7. The van der Waals surface area contributed by atoms with E-state index in [0.717, 1.165) is 18.5 Å². The number of nitrogens with zero attached hydrogens (tertiary/aromatic N) is 1. The molecule has 2 heteroatoms. The third-order valence-corrected chi connectivity index (χ3v) is 5.86. The molecule has 1 amide bonds. The quantitative estimate of drug-likeness (QED) is 0.770. The Balaban J connectivity index is 1.70. The average Bonchev–Trinajstić information content (AvgIpc) is 3.14. The second-order valence-electron chi connectivity index (χ2n) is 7.37. The van der Waals surface area contributed by atoms with E-state index >= 15 is 0 Å². The maximum absolute atomic E-state index is 13.5. The molecule has 124 valence electrons. The van der Waals surface area contributed by atoms with Crippen LogP contribution in [-0.4, -0.2) is 5.91 Å². The molecule has 0 unspecified atom stereocenters. The zero-order valence-electron chi connectivity index (χ0n) is 14.4. The van der Waals surface area contributed by atoms with Crippen molar-refractivity contribution >= 4 is 11.6 Å². The number of para-hydroxylation sites is 1. The van der Waals surface area contributed by atoms with E-state index in [1.165, 1.54) is 30.4 Å². The highest BCUT2D eigenvalue weighted by Crippen LogP contribution is 2.54. The molecular formula is C22H25NO. The summed E-state index contributed by atoms with van der Waals surface area (Å²) in [6.07, 6.45) is 5.69. The summed E-state index contributed by atoms with van der Waals surface area (Å²) in [6, 6.07) is 18.8. The summed E-state index contributed by atoms with van der Waals surface area (Å²) in [6.45, 7) is 2.92. The van der Waals surface area contributed by atoms with Crippen LogP contribution in [0.25, 0.3) is 0 Å². The van der Waals surface area contributed by atoms with Gasteiger partial charge in [0.15, 0.2) is 0 Å². The predicted octanol–water partition coefficient (Wildman–Crippen LogP) is 5.07. The zero-order chi connectivity index (χ0) is 16.6. The predicted molar refractivity (Wildman–Crippen MR) is 98.0 cm³/mol. The van der Waals surface area contributed by atoms with Crippen molar-refractivity contribution in [2.75, 3.05) is 4.90 Å². The first kappa shape index (κ1) is 15.4. The van der Waals surface area contributed by atoms with Gasteiger partial charge in [0.2, 0.25) is 5.91 Å². The Morgan fingerprint density at radius 3 is 2.62 bits per heavy atom. The van der Waals surface area contributed by atoms with Gasteiger partial charge in [0.1, 0.15) is 0 Å². The summed E-state index contributed by atoms with van der Waals surface area (Å²) in [5.41, 5.74) is 3.33. The molecule has 2 atom stereocenters. The van der Waals surface area contributed by atoms with Crippen LogP contribution in [-0.2, 0) is 16.8 Å². The van der Waals surface area contributed by atoms with Gasteiger partial charge in [0.05, 0.1) is 12.0 Å². The number of hydrogen-bond acceptors (Lipinski definition) is 1. The van der Waals surface area contributed by atoms with Crippen LogP contribution in [0.2, 0.25) is 0 Å². The van der Waals surface area contributed by atoms with Crippen LogP contribution in [0.1, 0.15) is 50.2 Å². The van der Waals surface area contributed by atoms with E-state index in [2.05, 4.69) is 43.3 Å². The topological polar surface area (TPSA) is 20.3 Å². The minimum atomic E-state index is -0.259. The number of amides is 1. The van der Waals surface area contributed by atoms with Crippen LogP contribution in [0, 0.1) is 5.92 Å². The van der Waals surface area contributed by atoms with Crippen LogP contribution in [0.3, 0.4) is 0 Å². The second-order valence-corrected chi connectivity index (χ2v) is 7.37. The normalized spacial score (nSPS) is 25.5. The minimum absolute atomic E-state index is 0.259. The van der Waals surface area contributed by atoms with Crippen molar-refractivity contribution in [1.29, 1.82) is 0 Å². The van der Waals surface area contributed by atoms with E-state index in [9.17, 15) is 4.79 Å². The third kappa shape index (κ3) is 2.36. The van der Waals surface area contributed by atoms with Crippen molar-refractivity contribution in [2.45, 2.75) is 51.0 Å². The summed E-state index contributed by atoms with van der Waals surface area (Å²) >= 11 is 0. The minimum Gasteiger partial charge on any atom is -0.307 e. The van der Waals surface area contributed by atoms with Gasteiger partial charge in [-0.1, -0.05) is 68.3 Å². The molecule has 4 rings (SSSR count). The van der Waals surface area contributed by atoms with Crippen molar-refractivity contribution in [2.24, 2.45) is 5.92 Å². The molecule has 2 aliphatic rings. The van der Waals surface area contributed by atoms with Gasteiger partial charge in [-0.05, 0) is 42.4 Å². The smallest absolute Gasteiger partial charge is 0.238 e. The molecule has 1 aliphatic carbocycles. The number of carbonyl (C=O) groups excluding carboxylic acids is 1. The monoisotopic (exact) mass is 319 g/mol. The summed E-state index contributed by atoms with van der Waals surface area (Å²) in [5, 5.41) is 0. The van der Waals surface area contributed by atoms with Crippen LogP contribution in [0.4, 0.5) is 5.69 Å². The molecule has 1 spiro atoms. The number of fused-ring (bicyclic) bond motifs is 2. The molecule has 1 heterocycles. The molecule has 0 radical (unpaired) electrons. The van der Waals surface area contributed by atoms with Gasteiger partial charge in [-0.2, -0.15) is 0 Å². The number of benzene rings is 2. The van der Waals surface area contributed by atoms with Crippen molar-refractivity contribution in [3.05, 3.63) is 65.7 Å². The van der Waals surface area contributed by atoms with Crippen molar-refractivity contribution < 1.29 is 4.79 Å². The fourth-order valence-corrected chi connectivity index (χ4v) is 4.76. The standard InChI is InChI=1S/C22H25NO/c1-2-8-17-13-14-22(15-17)19-11-6-7-12-20(19)23(21(22)24)16-18-9-4-3-5-10-18/h3-7,9-12,17H,2,8,13-16H2,1H3/t17-,22-/m1/s1. The van der Waals surface area contributed by atoms with Crippen LogP contribution in [0.5, 0.6) is 0 Å². The SMILES string of the molecule is CCC[C@@H]1CC[C@]2(C1)C(=O)N(Cc1ccccc1)c1ccccc12. The van der Waals surface area contributed by atoms with E-state index in [4.69, 9.17) is 0 Å². The van der Waals surface area contributed by atoms with E-state index in [0.29, 0.717) is 18.4 Å². The van der Waals surface area contributed by atoms with E-state index in [1.807, 2.05) is 23.1 Å². The van der Waals surface area contributed by atoms with Gasteiger partial charge in [-0.15, -0.1) is 0 Å². The average molecular weight is 319 g/mol. The Labute approximate surface area is 144 Å². The van der Waals surface area contributed by atoms with Gasteiger partial charge in [0.25, 0.3) is 0 Å². The molecule has 1 fully saturated rings. The Morgan fingerprint density at radius 2 is 1.83 bits per heavy atom. The van der Waals surface area contributed by atoms with Crippen LogP contribution in [0.15, 0.2) is 54.6 Å². The highest BCUT2D eigenvalue weighted by atomic mass is 16.2. The summed E-state index contributed by atoms with van der Waals surface area (Å²) in [5.74, 6) is 1.02. The van der Waals surface area contributed by atoms with Crippen molar-refractivity contribution in [1.82, 2.24) is 0 Å². The number of carbonyl (C=O) groups is 1. The van der Waals surface area contributed by atoms with Gasteiger partial charge >= 0.3 is 0 Å². The molecule has 2 aromatic carbocycles. The lowest BCUT2D eigenvalue weighted by molar-refractivity contribution is -0.123. The van der Waals surface area contributed by atoms with E-state index in [1.54, 1.807) is 0 Å². The molecule has 0 saturated heterocycles. The molecule has 2 nitrogen and oxygen atoms in total. The molecule has 2 aromatic rings. The molecule has 0 bridgehead atoms. The molecule has 0 aromatic heterocycles. The molecule has 24 heavy (non-hydrogen) atoms. The second kappa shape index (κ2) is 6.08. The largest absolute Gasteiger partial charge is 0.307 e. The highest BCUT2D eigenvalue weighted by Gasteiger charge is 2.53. The molecule has 0 N–H and O–H groups in total. The number of hydrogen-bond donors (Lipinski definition) is 0. The fraction of sp³-hybridized carbons (Fsp3) is 0.409. The zero-order valence-corrected chi connectivity index (χ0v) is 14.4. The molecule has 1 aliphatic heterocycles. The summed E-state index contributed by atoms with van der Waals surface area (Å²) in [4.78, 5) is 15.5. The van der Waals surface area contributed by atoms with Gasteiger partial charge < -0.3 is 4.90 Å².